The minimum absolute atomic E-state index is 0.0352. The number of nitrogens with zero attached hydrogens (tertiary/aromatic N) is 3. The zero-order valence-corrected chi connectivity index (χ0v) is 15.8. The molecule has 0 atom stereocenters. The lowest BCUT2D eigenvalue weighted by molar-refractivity contribution is 0.0600. The molecule has 0 saturated carbocycles. The van der Waals surface area contributed by atoms with Gasteiger partial charge >= 0.3 is 5.97 Å². The van der Waals surface area contributed by atoms with E-state index in [1.807, 2.05) is 0 Å². The molecule has 8 nitrogen and oxygen atoms in total. The van der Waals surface area contributed by atoms with Crippen molar-refractivity contribution in [1.29, 1.82) is 0 Å². The van der Waals surface area contributed by atoms with Gasteiger partial charge in [-0.05, 0) is 37.3 Å². The number of carbonyl (C=O) groups excluding carboxylic acids is 2. The van der Waals surface area contributed by atoms with Gasteiger partial charge in [0.15, 0.2) is 11.6 Å². The minimum atomic E-state index is -0.487. The maximum atomic E-state index is 11.7. The lowest BCUT2D eigenvalue weighted by atomic mass is 10.1. The van der Waals surface area contributed by atoms with E-state index in [0.29, 0.717) is 33.3 Å². The second kappa shape index (κ2) is 8.45. The Morgan fingerprint density at radius 1 is 1.07 bits per heavy atom. The van der Waals surface area contributed by atoms with Gasteiger partial charge in [0.25, 0.3) is 0 Å². The van der Waals surface area contributed by atoms with Gasteiger partial charge in [0.2, 0.25) is 5.95 Å². The van der Waals surface area contributed by atoms with Crippen molar-refractivity contribution >= 4 is 46.5 Å². The molecule has 0 spiro atoms. The fraction of sp³-hybridized carbons (Fsp3) is 0.105. The van der Waals surface area contributed by atoms with E-state index in [-0.39, 0.29) is 11.7 Å². The average molecular weight is 398 g/mol. The summed E-state index contributed by atoms with van der Waals surface area (Å²) >= 11 is 6.17. The Balaban J connectivity index is 1.81. The number of aromatic nitrogens is 3. The highest BCUT2D eigenvalue weighted by molar-refractivity contribution is 6.33. The first-order valence-corrected chi connectivity index (χ1v) is 8.56. The van der Waals surface area contributed by atoms with Gasteiger partial charge in [-0.1, -0.05) is 23.7 Å². The molecule has 0 bridgehead atoms. The molecule has 1 heterocycles. The van der Waals surface area contributed by atoms with Crippen LogP contribution in [0, 0.1) is 0 Å². The minimum Gasteiger partial charge on any atom is -0.465 e. The van der Waals surface area contributed by atoms with Crippen LogP contribution in [-0.2, 0) is 4.74 Å². The van der Waals surface area contributed by atoms with Crippen molar-refractivity contribution in [3.8, 4) is 0 Å². The largest absolute Gasteiger partial charge is 0.465 e. The lowest BCUT2D eigenvalue weighted by Gasteiger charge is -2.10. The molecule has 0 radical (unpaired) electrons. The summed E-state index contributed by atoms with van der Waals surface area (Å²) in [4.78, 5) is 27.5. The van der Waals surface area contributed by atoms with Crippen molar-refractivity contribution in [3.05, 3.63) is 64.8 Å². The van der Waals surface area contributed by atoms with Gasteiger partial charge in [-0.15, -0.1) is 5.10 Å². The molecule has 3 aromatic rings. The van der Waals surface area contributed by atoms with Crippen molar-refractivity contribution in [1.82, 2.24) is 15.2 Å². The molecule has 0 fully saturated rings. The van der Waals surface area contributed by atoms with Crippen LogP contribution in [0.5, 0.6) is 0 Å². The fourth-order valence-corrected chi connectivity index (χ4v) is 2.53. The van der Waals surface area contributed by atoms with Crippen LogP contribution in [0.4, 0.5) is 23.1 Å². The van der Waals surface area contributed by atoms with Gasteiger partial charge in [-0.2, -0.15) is 10.1 Å². The number of Topliss-reactive ketones (excluding diaryl/α,β-unsaturated/α-hetero) is 1. The van der Waals surface area contributed by atoms with E-state index < -0.39 is 5.97 Å². The summed E-state index contributed by atoms with van der Waals surface area (Å²) in [5, 5.41) is 14.2. The van der Waals surface area contributed by atoms with Crippen molar-refractivity contribution in [2.24, 2.45) is 0 Å². The number of rotatable bonds is 6. The SMILES string of the molecule is COC(=O)c1ccc(Cl)c(Nc2nncc(Nc3cccc(C(C)=O)c3)n2)c1. The summed E-state index contributed by atoms with van der Waals surface area (Å²) in [6.07, 6.45) is 1.44. The third-order valence-electron chi connectivity index (χ3n) is 3.73. The number of nitrogens with one attached hydrogen (secondary N) is 2. The summed E-state index contributed by atoms with van der Waals surface area (Å²) in [5.74, 6) is 0.0709. The predicted octanol–water partition coefficient (Wildman–Crippen LogP) is 4.00. The molecule has 0 unspecified atom stereocenters. The van der Waals surface area contributed by atoms with Gasteiger partial charge < -0.3 is 15.4 Å². The second-order valence-corrected chi connectivity index (χ2v) is 6.15. The van der Waals surface area contributed by atoms with Gasteiger partial charge in [-0.3, -0.25) is 4.79 Å². The molecular weight excluding hydrogens is 382 g/mol. The number of esters is 1. The van der Waals surface area contributed by atoms with Crippen LogP contribution in [0.2, 0.25) is 5.02 Å². The summed E-state index contributed by atoms with van der Waals surface area (Å²) in [7, 11) is 1.30. The Hall–Kier alpha value is -3.52. The van der Waals surface area contributed by atoms with Crippen molar-refractivity contribution < 1.29 is 14.3 Å². The lowest BCUT2D eigenvalue weighted by Crippen LogP contribution is -2.05. The Morgan fingerprint density at radius 2 is 1.89 bits per heavy atom. The van der Waals surface area contributed by atoms with E-state index in [2.05, 4.69) is 25.8 Å². The molecule has 0 saturated heterocycles. The Bertz CT molecular complexity index is 1040. The number of ether oxygens (including phenoxy) is 1. The topological polar surface area (TPSA) is 106 Å². The number of anilines is 4. The normalized spacial score (nSPS) is 10.2. The highest BCUT2D eigenvalue weighted by Crippen LogP contribution is 2.26. The smallest absolute Gasteiger partial charge is 0.337 e. The maximum absolute atomic E-state index is 11.7. The van der Waals surface area contributed by atoms with Gasteiger partial charge in [0.05, 0.1) is 29.6 Å². The number of ketones is 1. The monoisotopic (exact) mass is 397 g/mol. The first-order chi connectivity index (χ1) is 13.5. The zero-order chi connectivity index (χ0) is 20.1. The molecule has 142 valence electrons. The van der Waals surface area contributed by atoms with Crippen LogP contribution in [-0.4, -0.2) is 34.0 Å². The standard InChI is InChI=1S/C19H16ClN5O3/c1-11(26)12-4-3-5-14(8-12)22-17-10-21-25-19(24-17)23-16-9-13(18(27)28-2)6-7-15(16)20/h3-10H,1-2H3,(H2,22,23,24,25). The van der Waals surface area contributed by atoms with Gasteiger partial charge in [0.1, 0.15) is 0 Å². The van der Waals surface area contributed by atoms with Crippen LogP contribution < -0.4 is 10.6 Å². The first kappa shape index (κ1) is 19.2. The summed E-state index contributed by atoms with van der Waals surface area (Å²) in [5.41, 5.74) is 2.03. The van der Waals surface area contributed by atoms with Crippen molar-refractivity contribution in [3.63, 3.8) is 0 Å². The number of halogens is 1. The van der Waals surface area contributed by atoms with E-state index >= 15 is 0 Å². The van der Waals surface area contributed by atoms with E-state index in [1.54, 1.807) is 36.4 Å². The molecule has 2 aromatic carbocycles. The summed E-state index contributed by atoms with van der Waals surface area (Å²) in [6, 6.07) is 11.7. The Kier molecular flexibility index (Phi) is 5.81. The van der Waals surface area contributed by atoms with E-state index in [4.69, 9.17) is 16.3 Å². The van der Waals surface area contributed by atoms with Crippen molar-refractivity contribution in [2.75, 3.05) is 17.7 Å². The predicted molar refractivity (Wildman–Crippen MR) is 106 cm³/mol. The number of carbonyl (C=O) groups is 2. The fourth-order valence-electron chi connectivity index (χ4n) is 2.37. The number of methoxy groups -OCH3 is 1. The number of hydrogen-bond donors (Lipinski definition) is 2. The third kappa shape index (κ3) is 4.60. The third-order valence-corrected chi connectivity index (χ3v) is 4.06. The van der Waals surface area contributed by atoms with Gasteiger partial charge in [0, 0.05) is 11.3 Å². The highest BCUT2D eigenvalue weighted by Gasteiger charge is 2.11. The van der Waals surface area contributed by atoms with E-state index in [1.165, 1.54) is 26.3 Å². The highest BCUT2D eigenvalue weighted by atomic mass is 35.5. The molecule has 2 N–H and O–H groups in total. The summed E-state index contributed by atoms with van der Waals surface area (Å²) < 4.78 is 4.71. The van der Waals surface area contributed by atoms with Crippen LogP contribution in [0.1, 0.15) is 27.6 Å². The van der Waals surface area contributed by atoms with E-state index in [0.717, 1.165) is 0 Å². The second-order valence-electron chi connectivity index (χ2n) is 5.74. The molecule has 9 heteroatoms. The Morgan fingerprint density at radius 3 is 2.64 bits per heavy atom. The van der Waals surface area contributed by atoms with Crippen LogP contribution >= 0.6 is 11.6 Å². The molecule has 0 aliphatic rings. The first-order valence-electron chi connectivity index (χ1n) is 8.19. The molecular formula is C19H16ClN5O3. The quantitative estimate of drug-likeness (QED) is 0.474. The van der Waals surface area contributed by atoms with Crippen LogP contribution in [0.25, 0.3) is 0 Å². The number of hydrogen-bond acceptors (Lipinski definition) is 8. The van der Waals surface area contributed by atoms with Crippen molar-refractivity contribution in [2.45, 2.75) is 6.92 Å². The molecule has 1 aromatic heterocycles. The number of benzene rings is 2. The zero-order valence-electron chi connectivity index (χ0n) is 15.1. The molecule has 0 amide bonds. The Labute approximate surface area is 165 Å². The van der Waals surface area contributed by atoms with Gasteiger partial charge in [-0.25, -0.2) is 4.79 Å². The van der Waals surface area contributed by atoms with Crippen LogP contribution in [0.15, 0.2) is 48.7 Å². The van der Waals surface area contributed by atoms with Crippen LogP contribution in [0.3, 0.4) is 0 Å². The summed E-state index contributed by atoms with van der Waals surface area (Å²) in [6.45, 7) is 1.50. The molecule has 0 aliphatic carbocycles. The molecule has 0 aliphatic heterocycles. The molecule has 28 heavy (non-hydrogen) atoms. The van der Waals surface area contributed by atoms with E-state index in [9.17, 15) is 9.59 Å². The molecule has 3 rings (SSSR count). The average Bonchev–Trinajstić information content (AvgIpc) is 2.69. The maximum Gasteiger partial charge on any atom is 0.337 e.